The second-order valence-electron chi connectivity index (χ2n) is 15.1. The Labute approximate surface area is 345 Å². The van der Waals surface area contributed by atoms with E-state index >= 15 is 0 Å². The Balaban J connectivity index is 1.04. The van der Waals surface area contributed by atoms with Crippen molar-refractivity contribution < 1.29 is 0 Å². The van der Waals surface area contributed by atoms with Gasteiger partial charge in [0.15, 0.2) is 0 Å². The van der Waals surface area contributed by atoms with Gasteiger partial charge >= 0.3 is 0 Å². The molecule has 0 aliphatic heterocycles. The molecule has 12 rings (SSSR count). The third-order valence-corrected chi connectivity index (χ3v) is 13.0. The van der Waals surface area contributed by atoms with E-state index in [2.05, 4.69) is 222 Å². The molecule has 0 unspecified atom stereocenters. The average molecular weight is 770 g/mol. The van der Waals surface area contributed by atoms with Crippen LogP contribution in [0.25, 0.3) is 91.7 Å². The molecule has 0 atom stereocenters. The number of hydrogen-bond donors (Lipinski definition) is 0. The van der Waals surface area contributed by atoms with Gasteiger partial charge in [0.25, 0.3) is 0 Å². The van der Waals surface area contributed by atoms with Crippen molar-refractivity contribution >= 4 is 92.7 Å². The molecule has 0 spiro atoms. The lowest BCUT2D eigenvalue weighted by Crippen LogP contribution is -2.12. The molecular formula is C55H35N3S. The molecule has 0 bridgehead atoms. The third kappa shape index (κ3) is 5.45. The van der Waals surface area contributed by atoms with Crippen LogP contribution >= 0.6 is 11.3 Å². The van der Waals surface area contributed by atoms with Crippen molar-refractivity contribution in [1.82, 2.24) is 9.55 Å². The van der Waals surface area contributed by atoms with Gasteiger partial charge in [0.2, 0.25) is 0 Å². The molecule has 276 valence electrons. The molecule has 2 aromatic heterocycles. The fraction of sp³-hybridized carbons (Fsp3) is 0. The van der Waals surface area contributed by atoms with Crippen LogP contribution in [0.4, 0.5) is 17.1 Å². The van der Waals surface area contributed by atoms with Crippen LogP contribution in [0, 0.1) is 0 Å². The summed E-state index contributed by atoms with van der Waals surface area (Å²) in [6, 6.07) is 76.9. The number of rotatable bonds is 6. The van der Waals surface area contributed by atoms with Crippen LogP contribution in [-0.2, 0) is 0 Å². The molecule has 0 amide bonds. The molecule has 0 saturated heterocycles. The number of benzene rings is 10. The zero-order valence-electron chi connectivity index (χ0n) is 32.0. The Morgan fingerprint density at radius 2 is 1.03 bits per heavy atom. The maximum Gasteiger partial charge on any atom is 0.124 e. The number of nitrogens with zero attached hydrogens (tertiary/aromatic N) is 3. The molecule has 0 aliphatic rings. The summed E-state index contributed by atoms with van der Waals surface area (Å²) in [5.74, 6) is 0. The quantitative estimate of drug-likeness (QED) is 0.157. The second kappa shape index (κ2) is 13.6. The van der Waals surface area contributed by atoms with Crippen molar-refractivity contribution in [3.8, 4) is 27.4 Å². The fourth-order valence-electron chi connectivity index (χ4n) is 9.07. The highest BCUT2D eigenvalue weighted by Gasteiger charge is 2.21. The molecule has 4 heteroatoms. The summed E-state index contributed by atoms with van der Waals surface area (Å²) >= 11 is 1.78. The SMILES string of the molecule is c1ccc(-c2ccccc2N(c2ccc(-n3c4ccccc4c4ccccc43)cc2)c2cccc3c2ccc2c3ccc3nc(-c4ccc5ccccc5c4)sc32)cc1. The first kappa shape index (κ1) is 33.6. The Bertz CT molecular complexity index is 3510. The van der Waals surface area contributed by atoms with E-state index in [0.717, 1.165) is 38.8 Å². The number of thiazole rings is 1. The van der Waals surface area contributed by atoms with E-state index < -0.39 is 0 Å². The van der Waals surface area contributed by atoms with Gasteiger partial charge in [0, 0.05) is 44.0 Å². The summed E-state index contributed by atoms with van der Waals surface area (Å²) in [5, 5.41) is 10.9. The summed E-state index contributed by atoms with van der Waals surface area (Å²) in [6.45, 7) is 0. The summed E-state index contributed by atoms with van der Waals surface area (Å²) in [7, 11) is 0. The molecular weight excluding hydrogens is 735 g/mol. The van der Waals surface area contributed by atoms with Gasteiger partial charge in [-0.15, -0.1) is 11.3 Å². The highest BCUT2D eigenvalue weighted by Crippen LogP contribution is 2.46. The van der Waals surface area contributed by atoms with Crippen molar-refractivity contribution in [2.45, 2.75) is 0 Å². The number of anilines is 3. The van der Waals surface area contributed by atoms with Crippen LogP contribution < -0.4 is 4.90 Å². The van der Waals surface area contributed by atoms with Gasteiger partial charge in [-0.25, -0.2) is 4.98 Å². The lowest BCUT2D eigenvalue weighted by Gasteiger charge is -2.29. The second-order valence-corrected chi connectivity index (χ2v) is 16.1. The third-order valence-electron chi connectivity index (χ3n) is 11.8. The van der Waals surface area contributed by atoms with Crippen LogP contribution in [0.5, 0.6) is 0 Å². The molecule has 2 heterocycles. The highest BCUT2D eigenvalue weighted by atomic mass is 32.1. The minimum Gasteiger partial charge on any atom is -0.309 e. The molecule has 0 N–H and O–H groups in total. The molecule has 3 nitrogen and oxygen atoms in total. The van der Waals surface area contributed by atoms with Gasteiger partial charge in [-0.3, -0.25) is 0 Å². The Morgan fingerprint density at radius 1 is 0.407 bits per heavy atom. The van der Waals surface area contributed by atoms with Gasteiger partial charge in [-0.1, -0.05) is 152 Å². The number of fused-ring (bicyclic) bond motifs is 9. The monoisotopic (exact) mass is 769 g/mol. The number of para-hydroxylation sites is 3. The van der Waals surface area contributed by atoms with Crippen LogP contribution in [0.3, 0.4) is 0 Å². The lowest BCUT2D eigenvalue weighted by atomic mass is 9.98. The Morgan fingerprint density at radius 3 is 1.85 bits per heavy atom. The van der Waals surface area contributed by atoms with Crippen LogP contribution in [-0.4, -0.2) is 9.55 Å². The molecule has 0 fully saturated rings. The van der Waals surface area contributed by atoms with Crippen molar-refractivity contribution in [3.05, 3.63) is 212 Å². The largest absolute Gasteiger partial charge is 0.309 e. The van der Waals surface area contributed by atoms with E-state index in [9.17, 15) is 0 Å². The smallest absolute Gasteiger partial charge is 0.124 e. The van der Waals surface area contributed by atoms with E-state index in [1.54, 1.807) is 11.3 Å². The van der Waals surface area contributed by atoms with Crippen molar-refractivity contribution in [2.75, 3.05) is 4.90 Å². The zero-order chi connectivity index (χ0) is 38.9. The minimum absolute atomic E-state index is 1.03. The first-order valence-corrected chi connectivity index (χ1v) is 20.9. The van der Waals surface area contributed by atoms with E-state index in [4.69, 9.17) is 4.98 Å². The highest BCUT2D eigenvalue weighted by molar-refractivity contribution is 7.22. The van der Waals surface area contributed by atoms with Crippen LogP contribution in [0.1, 0.15) is 0 Å². The Hall–Kier alpha value is -7.53. The van der Waals surface area contributed by atoms with E-state index in [1.165, 1.54) is 70.0 Å². The van der Waals surface area contributed by atoms with Gasteiger partial charge in [-0.05, 0) is 87.8 Å². The molecule has 0 aliphatic carbocycles. The van der Waals surface area contributed by atoms with Gasteiger partial charge in [0.05, 0.1) is 32.6 Å². The van der Waals surface area contributed by atoms with Crippen LogP contribution in [0.2, 0.25) is 0 Å². The van der Waals surface area contributed by atoms with Gasteiger partial charge in [-0.2, -0.15) is 0 Å². The standard InChI is InChI=1S/C55H35N3S/c1-2-14-37(15-3-1)42-17-6-9-21-50(42)57(40-27-29-41(30-28-40)58-51-22-10-7-18-45(51)46-19-8-11-23-52(46)58)53-24-12-20-43-44-33-34-49-54(48(44)32-31-47(43)53)59-55(56-49)39-26-25-36-13-4-5-16-38(36)35-39/h1-35H. The summed E-state index contributed by atoms with van der Waals surface area (Å²) in [5.41, 5.74) is 11.4. The van der Waals surface area contributed by atoms with Crippen LogP contribution in [0.15, 0.2) is 212 Å². The molecule has 12 aromatic rings. The van der Waals surface area contributed by atoms with Gasteiger partial charge < -0.3 is 9.47 Å². The molecule has 0 saturated carbocycles. The maximum atomic E-state index is 5.15. The summed E-state index contributed by atoms with van der Waals surface area (Å²) < 4.78 is 3.59. The molecule has 0 radical (unpaired) electrons. The fourth-order valence-corrected chi connectivity index (χ4v) is 10.2. The van der Waals surface area contributed by atoms with Gasteiger partial charge in [0.1, 0.15) is 5.01 Å². The number of hydrogen-bond acceptors (Lipinski definition) is 3. The maximum absolute atomic E-state index is 5.15. The predicted octanol–water partition coefficient (Wildman–Crippen LogP) is 15.7. The minimum atomic E-state index is 1.03. The van der Waals surface area contributed by atoms with Crippen molar-refractivity contribution in [2.24, 2.45) is 0 Å². The van der Waals surface area contributed by atoms with Crippen molar-refractivity contribution in [3.63, 3.8) is 0 Å². The number of aromatic nitrogens is 2. The Kier molecular flexibility index (Phi) is 7.72. The molecule has 10 aromatic carbocycles. The summed E-state index contributed by atoms with van der Waals surface area (Å²) in [6.07, 6.45) is 0. The average Bonchev–Trinajstić information content (AvgIpc) is 3.90. The first-order chi connectivity index (χ1) is 29.3. The zero-order valence-corrected chi connectivity index (χ0v) is 32.8. The normalized spacial score (nSPS) is 11.7. The van der Waals surface area contributed by atoms with Crippen molar-refractivity contribution in [1.29, 1.82) is 0 Å². The van der Waals surface area contributed by atoms with E-state index in [1.807, 2.05) is 0 Å². The van der Waals surface area contributed by atoms with E-state index in [0.29, 0.717) is 0 Å². The first-order valence-electron chi connectivity index (χ1n) is 20.0. The summed E-state index contributed by atoms with van der Waals surface area (Å²) in [4.78, 5) is 7.59. The van der Waals surface area contributed by atoms with E-state index in [-0.39, 0.29) is 0 Å². The lowest BCUT2D eigenvalue weighted by molar-refractivity contribution is 1.17. The topological polar surface area (TPSA) is 21.1 Å². The predicted molar refractivity (Wildman–Crippen MR) is 252 cm³/mol. The molecule has 59 heavy (non-hydrogen) atoms.